The highest BCUT2D eigenvalue weighted by atomic mass is 35.5. The van der Waals surface area contributed by atoms with Gasteiger partial charge < -0.3 is 15.5 Å². The third kappa shape index (κ3) is 4.69. The molecule has 0 atom stereocenters. The van der Waals surface area contributed by atoms with Crippen LogP contribution in [-0.4, -0.2) is 39.1 Å². The topological polar surface area (TPSA) is 109 Å². The molecule has 0 bridgehead atoms. The number of halogens is 2. The summed E-state index contributed by atoms with van der Waals surface area (Å²) in [6.07, 6.45) is -0.155. The van der Waals surface area contributed by atoms with E-state index in [1.165, 1.54) is 22.8 Å². The fourth-order valence-electron chi connectivity index (χ4n) is 3.48. The lowest BCUT2D eigenvalue weighted by atomic mass is 10.0. The monoisotopic (exact) mass is 446 g/mol. The number of carboxylic acid groups (broad SMARTS) is 1. The van der Waals surface area contributed by atoms with E-state index in [9.17, 15) is 23.9 Å². The molecule has 9 heteroatoms. The molecule has 3 N–H and O–H groups in total. The van der Waals surface area contributed by atoms with E-state index in [4.69, 9.17) is 16.7 Å². The third-order valence-electron chi connectivity index (χ3n) is 4.95. The largest absolute Gasteiger partial charge is 0.505 e. The standard InChI is InChI=1S/C22H20ClFN2O5/c1-12-15(5-8-18(28)25-10-9-19(29)30)20-16(6-7-17(27)21(20)24)26(12)22(31)13-3-2-4-14(23)11-13/h2-4,6-7,11,27H,5,8-10H2,1H3,(H,25,28)(H,29,30). The number of fused-ring (bicyclic) bond motifs is 1. The van der Waals surface area contributed by atoms with Gasteiger partial charge >= 0.3 is 5.97 Å². The van der Waals surface area contributed by atoms with Crippen molar-refractivity contribution in [3.8, 4) is 5.75 Å². The van der Waals surface area contributed by atoms with Gasteiger partial charge in [-0.05, 0) is 49.2 Å². The second-order valence-electron chi connectivity index (χ2n) is 7.00. The van der Waals surface area contributed by atoms with E-state index in [-0.39, 0.29) is 36.7 Å². The molecule has 31 heavy (non-hydrogen) atoms. The molecule has 0 saturated carbocycles. The molecule has 3 rings (SSSR count). The van der Waals surface area contributed by atoms with Crippen LogP contribution in [0.5, 0.6) is 5.75 Å². The molecule has 1 amide bonds. The van der Waals surface area contributed by atoms with E-state index in [0.717, 1.165) is 0 Å². The number of nitrogens with zero attached hydrogens (tertiary/aromatic N) is 1. The van der Waals surface area contributed by atoms with Crippen LogP contribution >= 0.6 is 11.6 Å². The maximum Gasteiger partial charge on any atom is 0.305 e. The summed E-state index contributed by atoms with van der Waals surface area (Å²) in [6.45, 7) is 1.62. The summed E-state index contributed by atoms with van der Waals surface area (Å²) in [5.41, 5.74) is 1.41. The van der Waals surface area contributed by atoms with Gasteiger partial charge in [-0.15, -0.1) is 0 Å². The van der Waals surface area contributed by atoms with Crippen molar-refractivity contribution in [2.24, 2.45) is 0 Å². The summed E-state index contributed by atoms with van der Waals surface area (Å²) in [7, 11) is 0. The summed E-state index contributed by atoms with van der Waals surface area (Å²) >= 11 is 6.00. The summed E-state index contributed by atoms with van der Waals surface area (Å²) in [5.74, 6) is -3.29. The maximum absolute atomic E-state index is 14.8. The first-order chi connectivity index (χ1) is 14.7. The number of aryl methyl sites for hydroxylation is 1. The van der Waals surface area contributed by atoms with Crippen molar-refractivity contribution in [2.75, 3.05) is 6.54 Å². The number of carbonyl (C=O) groups excluding carboxylic acids is 2. The molecule has 1 heterocycles. The van der Waals surface area contributed by atoms with Crippen LogP contribution in [0.4, 0.5) is 4.39 Å². The Hall–Kier alpha value is -3.39. The highest BCUT2D eigenvalue weighted by Crippen LogP contribution is 2.34. The van der Waals surface area contributed by atoms with Crippen LogP contribution in [0.25, 0.3) is 10.9 Å². The van der Waals surface area contributed by atoms with Gasteiger partial charge in [-0.2, -0.15) is 0 Å². The van der Waals surface area contributed by atoms with Crippen molar-refractivity contribution in [3.63, 3.8) is 0 Å². The molecular formula is C22H20ClFN2O5. The number of amides is 1. The predicted molar refractivity (Wildman–Crippen MR) is 113 cm³/mol. The van der Waals surface area contributed by atoms with Gasteiger partial charge in [-0.1, -0.05) is 17.7 Å². The quantitative estimate of drug-likeness (QED) is 0.513. The third-order valence-corrected chi connectivity index (χ3v) is 5.19. The summed E-state index contributed by atoms with van der Waals surface area (Å²) in [4.78, 5) is 35.8. The number of aromatic nitrogens is 1. The van der Waals surface area contributed by atoms with Crippen LogP contribution in [0.15, 0.2) is 36.4 Å². The molecule has 162 valence electrons. The Balaban J connectivity index is 1.99. The van der Waals surface area contributed by atoms with Crippen molar-refractivity contribution in [2.45, 2.75) is 26.2 Å². The molecule has 7 nitrogen and oxygen atoms in total. The zero-order valence-corrected chi connectivity index (χ0v) is 17.4. The van der Waals surface area contributed by atoms with Crippen LogP contribution in [0, 0.1) is 12.7 Å². The average Bonchev–Trinajstić information content (AvgIpc) is 3.00. The molecule has 0 fully saturated rings. The van der Waals surface area contributed by atoms with Gasteiger partial charge in [0.25, 0.3) is 5.91 Å². The van der Waals surface area contributed by atoms with E-state index in [1.807, 2.05) is 0 Å². The van der Waals surface area contributed by atoms with Gasteiger partial charge in [0.2, 0.25) is 5.91 Å². The minimum atomic E-state index is -1.03. The maximum atomic E-state index is 14.8. The summed E-state index contributed by atoms with van der Waals surface area (Å²) in [6, 6.07) is 8.96. The van der Waals surface area contributed by atoms with Crippen LogP contribution in [0.2, 0.25) is 5.02 Å². The molecule has 2 aromatic carbocycles. The predicted octanol–water partition coefficient (Wildman–Crippen LogP) is 3.66. The highest BCUT2D eigenvalue weighted by Gasteiger charge is 2.24. The fraction of sp³-hybridized carbons (Fsp3) is 0.227. The number of hydrogen-bond donors (Lipinski definition) is 3. The first-order valence-corrected chi connectivity index (χ1v) is 9.88. The van der Waals surface area contributed by atoms with Crippen molar-refractivity contribution < 1.29 is 29.0 Å². The normalized spacial score (nSPS) is 10.9. The number of rotatable bonds is 7. The molecule has 0 radical (unpaired) electrons. The number of carbonyl (C=O) groups is 3. The average molecular weight is 447 g/mol. The number of aliphatic carboxylic acids is 1. The molecule has 0 spiro atoms. The van der Waals surface area contributed by atoms with E-state index < -0.39 is 29.4 Å². The lowest BCUT2D eigenvalue weighted by molar-refractivity contribution is -0.136. The van der Waals surface area contributed by atoms with Crippen LogP contribution in [-0.2, 0) is 16.0 Å². The molecule has 0 aliphatic carbocycles. The lowest BCUT2D eigenvalue weighted by Crippen LogP contribution is -2.26. The van der Waals surface area contributed by atoms with Crippen molar-refractivity contribution >= 4 is 40.3 Å². The van der Waals surface area contributed by atoms with Crippen molar-refractivity contribution in [3.05, 3.63) is 64.1 Å². The van der Waals surface area contributed by atoms with Gasteiger partial charge in [0.15, 0.2) is 11.6 Å². The minimum absolute atomic E-state index is 0.0166. The Morgan fingerprint density at radius 2 is 1.90 bits per heavy atom. The molecule has 0 unspecified atom stereocenters. The fourth-order valence-corrected chi connectivity index (χ4v) is 3.67. The number of carboxylic acids is 1. The SMILES string of the molecule is Cc1c(CCC(=O)NCCC(=O)O)c2c(F)c(O)ccc2n1C(=O)c1cccc(Cl)c1. The van der Waals surface area contributed by atoms with E-state index in [2.05, 4.69) is 5.32 Å². The number of aromatic hydroxyl groups is 1. The van der Waals surface area contributed by atoms with Crippen LogP contribution in [0.1, 0.15) is 34.5 Å². The summed E-state index contributed by atoms with van der Waals surface area (Å²) in [5, 5.41) is 21.4. The number of hydrogen-bond acceptors (Lipinski definition) is 4. The molecular weight excluding hydrogens is 427 g/mol. The number of nitrogens with one attached hydrogen (secondary N) is 1. The Morgan fingerprint density at radius 3 is 2.58 bits per heavy atom. The van der Waals surface area contributed by atoms with Crippen LogP contribution in [0.3, 0.4) is 0 Å². The van der Waals surface area contributed by atoms with E-state index in [1.54, 1.807) is 25.1 Å². The molecule has 1 aromatic heterocycles. The smallest absolute Gasteiger partial charge is 0.305 e. The highest BCUT2D eigenvalue weighted by molar-refractivity contribution is 6.31. The first-order valence-electron chi connectivity index (χ1n) is 9.50. The Bertz CT molecular complexity index is 1190. The van der Waals surface area contributed by atoms with Crippen LogP contribution < -0.4 is 5.32 Å². The first kappa shape index (κ1) is 22.3. The zero-order valence-electron chi connectivity index (χ0n) is 16.6. The van der Waals surface area contributed by atoms with Gasteiger partial charge in [0.1, 0.15) is 0 Å². The lowest BCUT2D eigenvalue weighted by Gasteiger charge is -2.08. The zero-order chi connectivity index (χ0) is 22.7. The van der Waals surface area contributed by atoms with Gasteiger partial charge in [-0.3, -0.25) is 19.0 Å². The number of phenolic OH excluding ortho intramolecular Hbond substituents is 1. The van der Waals surface area contributed by atoms with Gasteiger partial charge in [0.05, 0.1) is 11.9 Å². The second kappa shape index (κ2) is 9.18. The molecule has 0 aliphatic rings. The van der Waals surface area contributed by atoms with E-state index >= 15 is 0 Å². The van der Waals surface area contributed by atoms with Gasteiger partial charge in [-0.25, -0.2) is 4.39 Å². The number of benzene rings is 2. The van der Waals surface area contributed by atoms with E-state index in [0.29, 0.717) is 21.8 Å². The Kier molecular flexibility index (Phi) is 6.60. The molecule has 3 aromatic rings. The number of phenols is 1. The van der Waals surface area contributed by atoms with Crippen molar-refractivity contribution in [1.82, 2.24) is 9.88 Å². The van der Waals surface area contributed by atoms with Crippen molar-refractivity contribution in [1.29, 1.82) is 0 Å². The van der Waals surface area contributed by atoms with Gasteiger partial charge in [0, 0.05) is 34.6 Å². The molecule has 0 aliphatic heterocycles. The molecule has 0 saturated heterocycles. The summed E-state index contributed by atoms with van der Waals surface area (Å²) < 4.78 is 16.2. The Morgan fingerprint density at radius 1 is 1.16 bits per heavy atom. The Labute approximate surface area is 182 Å². The second-order valence-corrected chi connectivity index (χ2v) is 7.44. The minimum Gasteiger partial charge on any atom is -0.505 e.